The number of carbonyl (C=O) groups is 3. The van der Waals surface area contributed by atoms with Crippen LogP contribution >= 0.6 is 0 Å². The molecule has 0 fully saturated rings. The minimum atomic E-state index is -0.431. The van der Waals surface area contributed by atoms with Crippen molar-refractivity contribution in [2.24, 2.45) is 5.92 Å². The maximum absolute atomic E-state index is 13.5. The average molecular weight is 735 g/mol. The Morgan fingerprint density at radius 2 is 1.30 bits per heavy atom. The Morgan fingerprint density at radius 1 is 0.722 bits per heavy atom. The van der Waals surface area contributed by atoms with Crippen LogP contribution in [-0.2, 0) is 30.4 Å². The van der Waals surface area contributed by atoms with Gasteiger partial charge in [-0.2, -0.15) is 5.26 Å². The van der Waals surface area contributed by atoms with Crippen molar-refractivity contribution in [3.63, 3.8) is 0 Å². The lowest BCUT2D eigenvalue weighted by Gasteiger charge is -2.34. The molecule has 0 aromatic heterocycles. The Hall–Kier alpha value is -4.96. The van der Waals surface area contributed by atoms with Gasteiger partial charge in [-0.1, -0.05) is 137 Å². The number of allylic oxidation sites excluding steroid dienone is 10. The normalized spacial score (nSPS) is 12.4. The Labute approximate surface area is 325 Å². The molecule has 0 spiro atoms. The smallest absolute Gasteiger partial charge is 0.308 e. The fraction of sp³-hybridized carbons (Fsp3) is 0.447. The van der Waals surface area contributed by atoms with Crippen LogP contribution in [0.2, 0.25) is 0 Å². The van der Waals surface area contributed by atoms with Gasteiger partial charge in [0.15, 0.2) is 0 Å². The lowest BCUT2D eigenvalue weighted by atomic mass is 9.96. The highest BCUT2D eigenvalue weighted by Crippen LogP contribution is 2.26. The van der Waals surface area contributed by atoms with Gasteiger partial charge in [0.25, 0.3) is 0 Å². The van der Waals surface area contributed by atoms with Crippen LogP contribution < -0.4 is 0 Å². The first-order valence-corrected chi connectivity index (χ1v) is 19.7. The molecular formula is C47H62N2O5. The number of nitrogens with zero attached hydrogens (tertiary/aromatic N) is 2. The van der Waals surface area contributed by atoms with Gasteiger partial charge in [0.05, 0.1) is 18.1 Å². The molecule has 0 unspecified atom stereocenters. The molecule has 1 atom stereocenters. The summed E-state index contributed by atoms with van der Waals surface area (Å²) in [7, 11) is 0. The van der Waals surface area contributed by atoms with Gasteiger partial charge >= 0.3 is 11.9 Å². The van der Waals surface area contributed by atoms with E-state index in [1.54, 1.807) is 11.0 Å². The number of ether oxygens (including phenoxy) is 2. The molecule has 0 N–H and O–H groups in total. The molecule has 290 valence electrons. The molecule has 0 aliphatic heterocycles. The van der Waals surface area contributed by atoms with E-state index in [4.69, 9.17) is 9.47 Å². The van der Waals surface area contributed by atoms with Gasteiger partial charge in [-0.3, -0.25) is 14.4 Å². The van der Waals surface area contributed by atoms with Crippen molar-refractivity contribution in [2.75, 3.05) is 13.2 Å². The first-order chi connectivity index (χ1) is 26.3. The molecule has 0 radical (unpaired) electrons. The number of rotatable bonds is 26. The van der Waals surface area contributed by atoms with E-state index in [1.807, 2.05) is 63.2 Å². The lowest BCUT2D eigenvalue weighted by molar-refractivity contribution is -0.154. The van der Waals surface area contributed by atoms with Crippen LogP contribution in [0.5, 0.6) is 0 Å². The molecule has 7 heteroatoms. The highest BCUT2D eigenvalue weighted by molar-refractivity contribution is 5.78. The van der Waals surface area contributed by atoms with Gasteiger partial charge in [-0.05, 0) is 80.0 Å². The lowest BCUT2D eigenvalue weighted by Crippen LogP contribution is -2.44. The van der Waals surface area contributed by atoms with Gasteiger partial charge in [0.1, 0.15) is 13.2 Å². The molecule has 0 aliphatic rings. The third kappa shape index (κ3) is 19.2. The van der Waals surface area contributed by atoms with E-state index in [-0.39, 0.29) is 43.5 Å². The van der Waals surface area contributed by atoms with Crippen LogP contribution in [-0.4, -0.2) is 42.0 Å². The molecule has 0 bridgehead atoms. The molecular weight excluding hydrogens is 673 g/mol. The van der Waals surface area contributed by atoms with E-state index < -0.39 is 5.97 Å². The van der Waals surface area contributed by atoms with Gasteiger partial charge in [0, 0.05) is 25.4 Å². The SMILES string of the molecule is CCC=CCC=CCC=CCC=CCC=CCCCC(=O)OCCOC(=O)C[C@H](C(C)C)N(Cc1ccc(-c2ccccc2C#N)cc1)C(=O)CCCC. The summed E-state index contributed by atoms with van der Waals surface area (Å²) in [5.41, 5.74) is 3.32. The predicted octanol–water partition coefficient (Wildman–Crippen LogP) is 11.2. The second-order valence-electron chi connectivity index (χ2n) is 13.5. The standard InChI is InChI=1S/C47H62N2O5/c1-5-7-9-10-11-12-13-14-15-16-17-18-19-20-21-22-23-29-46(51)53-34-35-54-47(52)36-44(39(3)4)49(45(50)28-8-6-2)38-40-30-32-41(33-31-40)43-27-25-24-26-42(43)37-48/h7,9,11-12,14-15,17-18,20-21,24-27,30-33,39,44H,5-6,8,10,13,16,19,22-23,28-29,34-36,38H2,1-4H3/t44-/m1/s1. The molecule has 7 nitrogen and oxygen atoms in total. The maximum Gasteiger partial charge on any atom is 0.308 e. The summed E-state index contributed by atoms with van der Waals surface area (Å²) >= 11 is 0. The minimum Gasteiger partial charge on any atom is -0.462 e. The van der Waals surface area contributed by atoms with E-state index in [2.05, 4.69) is 73.8 Å². The Balaban J connectivity index is 1.74. The second kappa shape index (κ2) is 28.5. The number of esters is 2. The minimum absolute atomic E-state index is 0.000708. The van der Waals surface area contributed by atoms with Crippen LogP contribution in [0.3, 0.4) is 0 Å². The van der Waals surface area contributed by atoms with Crippen LogP contribution in [0.4, 0.5) is 0 Å². The van der Waals surface area contributed by atoms with E-state index >= 15 is 0 Å². The maximum atomic E-state index is 13.5. The van der Waals surface area contributed by atoms with E-state index in [9.17, 15) is 19.6 Å². The molecule has 0 aliphatic carbocycles. The van der Waals surface area contributed by atoms with Crippen LogP contribution in [0.15, 0.2) is 109 Å². The van der Waals surface area contributed by atoms with Crippen molar-refractivity contribution in [2.45, 2.75) is 117 Å². The van der Waals surface area contributed by atoms with Gasteiger partial charge < -0.3 is 14.4 Å². The number of hydrogen-bond donors (Lipinski definition) is 0. The van der Waals surface area contributed by atoms with Crippen molar-refractivity contribution in [3.05, 3.63) is 120 Å². The quantitative estimate of drug-likeness (QED) is 0.0542. The van der Waals surface area contributed by atoms with E-state index in [1.165, 1.54) is 0 Å². The molecule has 2 aromatic carbocycles. The van der Waals surface area contributed by atoms with Crippen molar-refractivity contribution in [1.29, 1.82) is 5.26 Å². The third-order valence-corrected chi connectivity index (χ3v) is 8.79. The Kier molecular flexibility index (Phi) is 23.9. The monoisotopic (exact) mass is 734 g/mol. The second-order valence-corrected chi connectivity index (χ2v) is 13.5. The first kappa shape index (κ1) is 45.2. The number of hydrogen-bond acceptors (Lipinski definition) is 6. The summed E-state index contributed by atoms with van der Waals surface area (Å²) in [5.74, 6) is -0.736. The van der Waals surface area contributed by atoms with Gasteiger partial charge in [-0.25, -0.2) is 0 Å². The fourth-order valence-electron chi connectivity index (χ4n) is 5.73. The summed E-state index contributed by atoms with van der Waals surface area (Å²) in [5, 5.41) is 9.51. The zero-order valence-electron chi connectivity index (χ0n) is 33.1. The number of benzene rings is 2. The average Bonchev–Trinajstić information content (AvgIpc) is 3.18. The Bertz CT molecular complexity index is 1580. The molecule has 0 saturated heterocycles. The molecule has 54 heavy (non-hydrogen) atoms. The fourth-order valence-corrected chi connectivity index (χ4v) is 5.73. The first-order valence-electron chi connectivity index (χ1n) is 19.7. The number of nitriles is 1. The molecule has 1 amide bonds. The summed E-state index contributed by atoms with van der Waals surface area (Å²) in [6.45, 7) is 8.52. The molecule has 0 heterocycles. The van der Waals surface area contributed by atoms with Crippen LogP contribution in [0.25, 0.3) is 11.1 Å². The molecule has 2 aromatic rings. The largest absolute Gasteiger partial charge is 0.462 e. The van der Waals surface area contributed by atoms with E-state index in [0.29, 0.717) is 31.4 Å². The zero-order valence-corrected chi connectivity index (χ0v) is 33.1. The topological polar surface area (TPSA) is 96.7 Å². The number of carbonyl (C=O) groups excluding carboxylic acids is 3. The summed E-state index contributed by atoms with van der Waals surface area (Å²) < 4.78 is 10.7. The van der Waals surface area contributed by atoms with E-state index in [0.717, 1.165) is 68.1 Å². The van der Waals surface area contributed by atoms with Gasteiger partial charge in [-0.15, -0.1) is 0 Å². The predicted molar refractivity (Wildman–Crippen MR) is 220 cm³/mol. The third-order valence-electron chi connectivity index (χ3n) is 8.79. The summed E-state index contributed by atoms with van der Waals surface area (Å²) in [6.07, 6.45) is 30.3. The van der Waals surface area contributed by atoms with Crippen molar-refractivity contribution in [3.8, 4) is 17.2 Å². The van der Waals surface area contributed by atoms with Gasteiger partial charge in [0.2, 0.25) is 5.91 Å². The van der Waals surface area contributed by atoms with Crippen molar-refractivity contribution >= 4 is 17.8 Å². The number of amides is 1. The van der Waals surface area contributed by atoms with Crippen LogP contribution in [0, 0.1) is 17.2 Å². The number of unbranched alkanes of at least 4 members (excludes halogenated alkanes) is 2. The summed E-state index contributed by atoms with van der Waals surface area (Å²) in [4.78, 5) is 40.4. The Morgan fingerprint density at radius 3 is 1.87 bits per heavy atom. The molecule has 0 saturated carbocycles. The molecule has 2 rings (SSSR count). The highest BCUT2D eigenvalue weighted by Gasteiger charge is 2.29. The van der Waals surface area contributed by atoms with Crippen molar-refractivity contribution < 1.29 is 23.9 Å². The van der Waals surface area contributed by atoms with Crippen molar-refractivity contribution in [1.82, 2.24) is 4.90 Å². The highest BCUT2D eigenvalue weighted by atomic mass is 16.6. The van der Waals surface area contributed by atoms with Crippen LogP contribution in [0.1, 0.15) is 116 Å². The zero-order chi connectivity index (χ0) is 39.2. The summed E-state index contributed by atoms with van der Waals surface area (Å²) in [6, 6.07) is 17.2.